The Hall–Kier alpha value is -3.03. The number of carbonyl (C=O) groups excluding carboxylic acids is 1. The first-order chi connectivity index (χ1) is 14.0. The number of amides is 1. The van der Waals surface area contributed by atoms with Crippen molar-refractivity contribution >= 4 is 40.7 Å². The van der Waals surface area contributed by atoms with Crippen LogP contribution in [0.3, 0.4) is 0 Å². The van der Waals surface area contributed by atoms with Crippen LogP contribution in [-0.4, -0.2) is 27.8 Å². The first kappa shape index (κ1) is 19.3. The standard InChI is InChI=1S/C20H17Cl2N5O2/c1-11-17(19(28)26-15-5-3-4-6-16(15)29-2)18(27-20(25-11)23-10-24-27)12-7-8-13(21)14(22)9-12/h3-10,18H,1-2H3,(H,26,28)(H,23,24,25)/t18-/m1/s1. The predicted octanol–water partition coefficient (Wildman–Crippen LogP) is 4.52. The molecule has 2 N–H and O–H groups in total. The Morgan fingerprint density at radius 1 is 1.21 bits per heavy atom. The summed E-state index contributed by atoms with van der Waals surface area (Å²) in [6.07, 6.45) is 1.43. The topological polar surface area (TPSA) is 81.1 Å². The van der Waals surface area contributed by atoms with Crippen LogP contribution >= 0.6 is 23.2 Å². The first-order valence-electron chi connectivity index (χ1n) is 8.76. The highest BCUT2D eigenvalue weighted by atomic mass is 35.5. The fourth-order valence-corrected chi connectivity index (χ4v) is 3.62. The molecule has 4 rings (SSSR count). The Morgan fingerprint density at radius 2 is 2.00 bits per heavy atom. The van der Waals surface area contributed by atoms with Gasteiger partial charge < -0.3 is 15.4 Å². The lowest BCUT2D eigenvalue weighted by atomic mass is 9.95. The van der Waals surface area contributed by atoms with Gasteiger partial charge in [-0.15, -0.1) is 0 Å². The number of halogens is 2. The van der Waals surface area contributed by atoms with E-state index in [9.17, 15) is 4.79 Å². The molecule has 0 unspecified atom stereocenters. The van der Waals surface area contributed by atoms with Crippen molar-refractivity contribution in [3.63, 3.8) is 0 Å². The van der Waals surface area contributed by atoms with Gasteiger partial charge in [-0.05, 0) is 36.8 Å². The lowest BCUT2D eigenvalue weighted by molar-refractivity contribution is -0.113. The Kier molecular flexibility index (Phi) is 5.17. The monoisotopic (exact) mass is 429 g/mol. The fourth-order valence-electron chi connectivity index (χ4n) is 3.31. The number of ether oxygens (including phenoxy) is 1. The maximum atomic E-state index is 13.3. The number of anilines is 2. The lowest BCUT2D eigenvalue weighted by Gasteiger charge is -2.29. The molecule has 7 nitrogen and oxygen atoms in total. The summed E-state index contributed by atoms with van der Waals surface area (Å²) in [6, 6.07) is 11.9. The quantitative estimate of drug-likeness (QED) is 0.636. The van der Waals surface area contributed by atoms with Crippen molar-refractivity contribution in [2.24, 2.45) is 0 Å². The highest BCUT2D eigenvalue weighted by Crippen LogP contribution is 2.37. The van der Waals surface area contributed by atoms with Gasteiger partial charge >= 0.3 is 0 Å². The van der Waals surface area contributed by atoms with E-state index >= 15 is 0 Å². The molecule has 1 aliphatic heterocycles. The van der Waals surface area contributed by atoms with E-state index < -0.39 is 6.04 Å². The van der Waals surface area contributed by atoms with Crippen LogP contribution in [0.15, 0.2) is 60.1 Å². The van der Waals surface area contributed by atoms with Crippen molar-refractivity contribution in [3.8, 4) is 5.75 Å². The van der Waals surface area contributed by atoms with Gasteiger partial charge in [-0.2, -0.15) is 10.1 Å². The summed E-state index contributed by atoms with van der Waals surface area (Å²) >= 11 is 12.3. The minimum absolute atomic E-state index is 0.295. The minimum atomic E-state index is -0.529. The van der Waals surface area contributed by atoms with E-state index in [-0.39, 0.29) is 5.91 Å². The number of para-hydroxylation sites is 2. The zero-order chi connectivity index (χ0) is 20.5. The molecule has 1 atom stereocenters. The molecule has 0 saturated carbocycles. The van der Waals surface area contributed by atoms with Crippen LogP contribution in [-0.2, 0) is 4.79 Å². The van der Waals surface area contributed by atoms with E-state index in [1.165, 1.54) is 6.33 Å². The van der Waals surface area contributed by atoms with Crippen LogP contribution in [0.4, 0.5) is 11.6 Å². The predicted molar refractivity (Wildman–Crippen MR) is 113 cm³/mol. The number of nitrogens with zero attached hydrogens (tertiary/aromatic N) is 3. The fraction of sp³-hybridized carbons (Fsp3) is 0.150. The van der Waals surface area contributed by atoms with Crippen LogP contribution in [0.1, 0.15) is 18.5 Å². The average molecular weight is 430 g/mol. The van der Waals surface area contributed by atoms with Gasteiger partial charge in [0, 0.05) is 5.70 Å². The number of fused-ring (bicyclic) bond motifs is 1. The summed E-state index contributed by atoms with van der Waals surface area (Å²) < 4.78 is 6.98. The van der Waals surface area contributed by atoms with Crippen LogP contribution in [0, 0.1) is 0 Å². The van der Waals surface area contributed by atoms with E-state index in [0.717, 1.165) is 5.56 Å². The molecule has 0 bridgehead atoms. The van der Waals surface area contributed by atoms with Crippen LogP contribution in [0.2, 0.25) is 10.0 Å². The molecule has 0 aliphatic carbocycles. The first-order valence-corrected chi connectivity index (χ1v) is 9.51. The van der Waals surface area contributed by atoms with E-state index in [1.54, 1.807) is 36.1 Å². The van der Waals surface area contributed by atoms with Gasteiger partial charge in [-0.25, -0.2) is 4.68 Å². The largest absolute Gasteiger partial charge is 0.495 e. The van der Waals surface area contributed by atoms with Crippen molar-refractivity contribution in [2.45, 2.75) is 13.0 Å². The molecular formula is C20H17Cl2N5O2. The molecule has 1 amide bonds. The summed E-state index contributed by atoms with van der Waals surface area (Å²) in [4.78, 5) is 17.6. The Labute approximate surface area is 177 Å². The maximum Gasteiger partial charge on any atom is 0.255 e. The smallest absolute Gasteiger partial charge is 0.255 e. The normalized spacial score (nSPS) is 15.5. The van der Waals surface area contributed by atoms with Gasteiger partial charge in [0.1, 0.15) is 18.1 Å². The van der Waals surface area contributed by atoms with Crippen molar-refractivity contribution in [1.82, 2.24) is 14.8 Å². The summed E-state index contributed by atoms with van der Waals surface area (Å²) in [5.41, 5.74) is 2.47. The van der Waals surface area contributed by atoms with Crippen molar-refractivity contribution in [2.75, 3.05) is 17.7 Å². The highest BCUT2D eigenvalue weighted by Gasteiger charge is 2.34. The summed E-state index contributed by atoms with van der Waals surface area (Å²) in [6.45, 7) is 1.82. The second-order valence-corrected chi connectivity index (χ2v) is 7.24. The molecular weight excluding hydrogens is 413 g/mol. The number of benzene rings is 2. The highest BCUT2D eigenvalue weighted by molar-refractivity contribution is 6.42. The van der Waals surface area contributed by atoms with Gasteiger partial charge in [0.05, 0.1) is 28.4 Å². The molecule has 9 heteroatoms. The van der Waals surface area contributed by atoms with Gasteiger partial charge in [0.2, 0.25) is 5.95 Å². The maximum absolute atomic E-state index is 13.3. The van der Waals surface area contributed by atoms with Gasteiger partial charge in [0.15, 0.2) is 0 Å². The number of carbonyl (C=O) groups is 1. The van der Waals surface area contributed by atoms with E-state index in [0.29, 0.717) is 38.7 Å². The number of methoxy groups -OCH3 is 1. The molecule has 1 aliphatic rings. The van der Waals surface area contributed by atoms with Crippen LogP contribution < -0.4 is 15.4 Å². The van der Waals surface area contributed by atoms with E-state index in [2.05, 4.69) is 20.7 Å². The molecule has 1 aromatic heterocycles. The van der Waals surface area contributed by atoms with Gasteiger partial charge in [-0.1, -0.05) is 41.4 Å². The number of nitrogens with one attached hydrogen (secondary N) is 2. The molecule has 2 aromatic carbocycles. The van der Waals surface area contributed by atoms with E-state index in [1.807, 2.05) is 25.1 Å². The lowest BCUT2D eigenvalue weighted by Crippen LogP contribution is -2.31. The number of rotatable bonds is 4. The third-order valence-electron chi connectivity index (χ3n) is 4.65. The number of allylic oxidation sites excluding steroid dienone is 1. The molecule has 0 radical (unpaired) electrons. The van der Waals surface area contributed by atoms with Gasteiger partial charge in [-0.3, -0.25) is 4.79 Å². The second kappa shape index (κ2) is 7.77. The number of hydrogen-bond acceptors (Lipinski definition) is 5. The van der Waals surface area contributed by atoms with Gasteiger partial charge in [0.25, 0.3) is 5.91 Å². The Bertz CT molecular complexity index is 1130. The number of aromatic nitrogens is 3. The number of hydrogen-bond donors (Lipinski definition) is 2. The summed E-state index contributed by atoms with van der Waals surface area (Å²) in [7, 11) is 1.55. The molecule has 3 aromatic rings. The molecule has 2 heterocycles. The zero-order valence-electron chi connectivity index (χ0n) is 15.6. The summed E-state index contributed by atoms with van der Waals surface area (Å²) in [5.74, 6) is 0.805. The van der Waals surface area contributed by atoms with E-state index in [4.69, 9.17) is 27.9 Å². The van der Waals surface area contributed by atoms with Crippen LogP contribution in [0.25, 0.3) is 0 Å². The molecule has 0 saturated heterocycles. The molecule has 0 fully saturated rings. The van der Waals surface area contributed by atoms with Crippen molar-refractivity contribution < 1.29 is 9.53 Å². The van der Waals surface area contributed by atoms with Crippen molar-refractivity contribution in [1.29, 1.82) is 0 Å². The molecule has 0 spiro atoms. The van der Waals surface area contributed by atoms with Crippen molar-refractivity contribution in [3.05, 3.63) is 75.7 Å². The summed E-state index contributed by atoms with van der Waals surface area (Å²) in [5, 5.41) is 11.2. The zero-order valence-corrected chi connectivity index (χ0v) is 17.1. The SMILES string of the molecule is COc1ccccc1NC(=O)C1=C(C)Nc2ncnn2[C@@H]1c1ccc(Cl)c(Cl)c1. The third kappa shape index (κ3) is 3.54. The molecule has 29 heavy (non-hydrogen) atoms. The van der Waals surface area contributed by atoms with Crippen LogP contribution in [0.5, 0.6) is 5.75 Å². The average Bonchev–Trinajstić information content (AvgIpc) is 3.17. The minimum Gasteiger partial charge on any atom is -0.495 e. The third-order valence-corrected chi connectivity index (χ3v) is 5.39. The second-order valence-electron chi connectivity index (χ2n) is 6.42. The molecule has 148 valence electrons. The Balaban J connectivity index is 1.78. The Morgan fingerprint density at radius 3 is 2.76 bits per heavy atom.